The number of rotatable bonds is 3. The average molecular weight is 369 g/mol. The van der Waals surface area contributed by atoms with E-state index in [-0.39, 0.29) is 10.8 Å². The van der Waals surface area contributed by atoms with Gasteiger partial charge in [-0.1, -0.05) is 15.9 Å². The predicted molar refractivity (Wildman–Crippen MR) is 68.7 cm³/mol. The van der Waals surface area contributed by atoms with Gasteiger partial charge in [-0.05, 0) is 18.5 Å². The second-order valence-corrected chi connectivity index (χ2v) is 5.41. The molecule has 2 heterocycles. The lowest BCUT2D eigenvalue weighted by atomic mass is 10.2. The van der Waals surface area contributed by atoms with Crippen LogP contribution in [0.1, 0.15) is 17.4 Å². The summed E-state index contributed by atoms with van der Waals surface area (Å²) in [6, 6.07) is 0.263. The normalized spacial score (nSPS) is 12.8. The fraction of sp³-hybridized carbons (Fsp3) is 0.375. The first-order valence-electron chi connectivity index (χ1n) is 4.31. The van der Waals surface area contributed by atoms with Gasteiger partial charge in [-0.15, -0.1) is 0 Å². The van der Waals surface area contributed by atoms with Gasteiger partial charge in [-0.25, -0.2) is 0 Å². The van der Waals surface area contributed by atoms with Gasteiger partial charge >= 0.3 is 6.01 Å². The van der Waals surface area contributed by atoms with Crippen molar-refractivity contribution in [1.29, 1.82) is 0 Å². The Labute approximate surface area is 113 Å². The molecule has 8 heteroatoms. The maximum atomic E-state index is 5.05. The van der Waals surface area contributed by atoms with Gasteiger partial charge in [0.05, 0.1) is 23.0 Å². The first kappa shape index (κ1) is 12.0. The SMILES string of the molecule is COc1nc(OBr)c2c(C(C)Br)nsc2n1. The molecule has 1 atom stereocenters. The van der Waals surface area contributed by atoms with Gasteiger partial charge in [-0.3, -0.25) is 0 Å². The van der Waals surface area contributed by atoms with Crippen molar-refractivity contribution in [2.45, 2.75) is 11.8 Å². The van der Waals surface area contributed by atoms with Crippen molar-refractivity contribution in [2.24, 2.45) is 0 Å². The highest BCUT2D eigenvalue weighted by Gasteiger charge is 2.19. The topological polar surface area (TPSA) is 57.1 Å². The van der Waals surface area contributed by atoms with Crippen LogP contribution in [0.15, 0.2) is 0 Å². The Morgan fingerprint density at radius 3 is 2.69 bits per heavy atom. The molecule has 5 nitrogen and oxygen atoms in total. The van der Waals surface area contributed by atoms with Crippen LogP contribution in [0.2, 0.25) is 0 Å². The number of halogens is 2. The standard InChI is InChI=1S/C8H7Br2N3O2S/c1-3(9)5-4-6(15-10)11-8(14-2)12-7(4)16-13-5/h3H,1-2H3. The number of alkyl halides is 1. The van der Waals surface area contributed by atoms with Gasteiger partial charge in [-0.2, -0.15) is 14.3 Å². The zero-order chi connectivity index (χ0) is 11.7. The van der Waals surface area contributed by atoms with Crippen molar-refractivity contribution in [3.8, 4) is 11.9 Å². The van der Waals surface area contributed by atoms with E-state index in [1.807, 2.05) is 6.92 Å². The fourth-order valence-electron chi connectivity index (χ4n) is 1.24. The Morgan fingerprint density at radius 1 is 1.38 bits per heavy atom. The van der Waals surface area contributed by atoms with E-state index in [1.54, 1.807) is 0 Å². The van der Waals surface area contributed by atoms with Gasteiger partial charge in [0.1, 0.15) is 0 Å². The van der Waals surface area contributed by atoms with E-state index >= 15 is 0 Å². The minimum absolute atomic E-state index is 0.111. The minimum atomic E-state index is 0.111. The van der Waals surface area contributed by atoms with Crippen molar-refractivity contribution in [1.82, 2.24) is 14.3 Å². The lowest BCUT2D eigenvalue weighted by molar-refractivity contribution is 0.378. The van der Waals surface area contributed by atoms with Crippen LogP contribution in [0, 0.1) is 0 Å². The molecule has 0 N–H and O–H groups in total. The van der Waals surface area contributed by atoms with E-state index in [4.69, 9.17) is 8.57 Å². The molecule has 0 fully saturated rings. The molecular formula is C8H7Br2N3O2S. The summed E-state index contributed by atoms with van der Waals surface area (Å²) in [5, 5.41) is 0.798. The molecular weight excluding hydrogens is 362 g/mol. The van der Waals surface area contributed by atoms with Crippen LogP contribution < -0.4 is 8.57 Å². The van der Waals surface area contributed by atoms with Crippen LogP contribution in [0.3, 0.4) is 0 Å². The number of fused-ring (bicyclic) bond motifs is 1. The molecule has 1 unspecified atom stereocenters. The van der Waals surface area contributed by atoms with Crippen LogP contribution in [0.25, 0.3) is 10.2 Å². The summed E-state index contributed by atoms with van der Waals surface area (Å²) in [4.78, 5) is 9.15. The van der Waals surface area contributed by atoms with Gasteiger partial charge in [0.2, 0.25) is 5.88 Å². The monoisotopic (exact) mass is 367 g/mol. The third-order valence-corrected chi connectivity index (χ3v) is 3.44. The van der Waals surface area contributed by atoms with Crippen molar-refractivity contribution in [3.63, 3.8) is 0 Å². The molecule has 0 radical (unpaired) electrons. The summed E-state index contributed by atoms with van der Waals surface area (Å²) in [6.07, 6.45) is 0. The van der Waals surface area contributed by atoms with Crippen molar-refractivity contribution < 1.29 is 8.57 Å². The van der Waals surface area contributed by atoms with E-state index in [2.05, 4.69) is 46.5 Å². The molecule has 0 aromatic carbocycles. The van der Waals surface area contributed by atoms with E-state index in [0.717, 1.165) is 15.9 Å². The zero-order valence-electron chi connectivity index (χ0n) is 8.40. The number of nitrogens with zero attached hydrogens (tertiary/aromatic N) is 3. The van der Waals surface area contributed by atoms with E-state index in [1.165, 1.54) is 18.6 Å². The Morgan fingerprint density at radius 2 is 2.12 bits per heavy atom. The number of methoxy groups -OCH3 is 1. The lowest BCUT2D eigenvalue weighted by Gasteiger charge is -2.04. The van der Waals surface area contributed by atoms with E-state index in [0.29, 0.717) is 5.88 Å². The van der Waals surface area contributed by atoms with Crippen LogP contribution >= 0.6 is 43.7 Å². The van der Waals surface area contributed by atoms with Crippen LogP contribution in [0.5, 0.6) is 11.9 Å². The Kier molecular flexibility index (Phi) is 3.60. The highest BCUT2D eigenvalue weighted by atomic mass is 79.9. The van der Waals surface area contributed by atoms with Crippen LogP contribution in [0.4, 0.5) is 0 Å². The molecule has 86 valence electrons. The number of aromatic nitrogens is 3. The maximum Gasteiger partial charge on any atom is 0.320 e. The third kappa shape index (κ3) is 2.01. The summed E-state index contributed by atoms with van der Waals surface area (Å²) in [5.41, 5.74) is 0.858. The first-order chi connectivity index (χ1) is 7.67. The number of ether oxygens (including phenoxy) is 1. The highest BCUT2D eigenvalue weighted by Crippen LogP contribution is 2.36. The average Bonchev–Trinajstić information content (AvgIpc) is 2.71. The largest absolute Gasteiger partial charge is 0.467 e. The predicted octanol–water partition coefficient (Wildman–Crippen LogP) is 3.24. The quantitative estimate of drug-likeness (QED) is 0.778. The number of hydrogen-bond acceptors (Lipinski definition) is 6. The third-order valence-electron chi connectivity index (χ3n) is 1.94. The van der Waals surface area contributed by atoms with Gasteiger partial charge < -0.3 is 8.57 Å². The minimum Gasteiger partial charge on any atom is -0.467 e. The molecule has 16 heavy (non-hydrogen) atoms. The molecule has 0 aliphatic heterocycles. The zero-order valence-corrected chi connectivity index (χ0v) is 12.4. The molecule has 2 aromatic rings. The summed E-state index contributed by atoms with van der Waals surface area (Å²) < 4.78 is 14.3. The van der Waals surface area contributed by atoms with Crippen LogP contribution in [-0.4, -0.2) is 21.5 Å². The molecule has 0 bridgehead atoms. The summed E-state index contributed by atoms with van der Waals surface area (Å²) in [7, 11) is 1.51. The Balaban J connectivity index is 2.72. The van der Waals surface area contributed by atoms with Gasteiger partial charge in [0, 0.05) is 0 Å². The van der Waals surface area contributed by atoms with Gasteiger partial charge in [0.15, 0.2) is 21.1 Å². The van der Waals surface area contributed by atoms with Gasteiger partial charge in [0.25, 0.3) is 0 Å². The summed E-state index contributed by atoms with van der Waals surface area (Å²) in [6.45, 7) is 1.98. The fourth-order valence-corrected chi connectivity index (χ4v) is 2.78. The second-order valence-electron chi connectivity index (χ2n) is 2.96. The molecule has 0 aliphatic rings. The molecule has 2 aromatic heterocycles. The first-order valence-corrected chi connectivity index (χ1v) is 6.65. The van der Waals surface area contributed by atoms with Crippen molar-refractivity contribution in [3.05, 3.63) is 5.69 Å². The molecule has 0 saturated heterocycles. The number of hydrogen-bond donors (Lipinski definition) is 0. The highest BCUT2D eigenvalue weighted by molar-refractivity contribution is 9.09. The van der Waals surface area contributed by atoms with E-state index < -0.39 is 0 Å². The molecule has 0 amide bonds. The molecule has 0 saturated carbocycles. The Bertz CT molecular complexity index is 517. The maximum absolute atomic E-state index is 5.05. The lowest BCUT2D eigenvalue weighted by Crippen LogP contribution is -1.95. The Hall–Kier alpha value is -0.470. The molecule has 2 rings (SSSR count). The van der Waals surface area contributed by atoms with Crippen molar-refractivity contribution in [2.75, 3.05) is 7.11 Å². The summed E-state index contributed by atoms with van der Waals surface area (Å²) in [5.74, 6) is 0.414. The van der Waals surface area contributed by atoms with Crippen molar-refractivity contribution >= 4 is 53.9 Å². The second kappa shape index (κ2) is 4.80. The summed E-state index contributed by atoms with van der Waals surface area (Å²) >= 11 is 7.68. The smallest absolute Gasteiger partial charge is 0.320 e. The van der Waals surface area contributed by atoms with E-state index in [9.17, 15) is 0 Å². The van der Waals surface area contributed by atoms with Crippen LogP contribution in [-0.2, 0) is 0 Å². The molecule has 0 spiro atoms. The molecule has 0 aliphatic carbocycles.